The number of carbonyl (C=O) groups is 2. The second-order valence-corrected chi connectivity index (χ2v) is 9.15. The van der Waals surface area contributed by atoms with Crippen molar-refractivity contribution in [3.8, 4) is 0 Å². The Bertz CT molecular complexity index is 1240. The first-order valence-corrected chi connectivity index (χ1v) is 11.4. The van der Waals surface area contributed by atoms with E-state index >= 15 is 0 Å². The molecule has 33 heavy (non-hydrogen) atoms. The van der Waals surface area contributed by atoms with E-state index in [-0.39, 0.29) is 11.8 Å². The summed E-state index contributed by atoms with van der Waals surface area (Å²) in [6.45, 7) is 3.47. The van der Waals surface area contributed by atoms with Gasteiger partial charge in [-0.3, -0.25) is 9.59 Å². The van der Waals surface area contributed by atoms with Crippen LogP contribution >= 0.6 is 11.8 Å². The molecule has 2 amide bonds. The molecule has 0 bridgehead atoms. The van der Waals surface area contributed by atoms with Crippen molar-refractivity contribution in [3.05, 3.63) is 72.1 Å². The maximum atomic E-state index is 12.4. The molecule has 2 aromatic heterocycles. The van der Waals surface area contributed by atoms with Gasteiger partial charge < -0.3 is 9.97 Å². The lowest BCUT2D eigenvalue weighted by molar-refractivity contribution is -0.120. The van der Waals surface area contributed by atoms with Gasteiger partial charge in [0.1, 0.15) is 0 Å². The molecule has 4 rings (SSSR count). The van der Waals surface area contributed by atoms with E-state index in [0.29, 0.717) is 0 Å². The molecule has 0 aliphatic rings. The van der Waals surface area contributed by atoms with Crippen LogP contribution in [0.3, 0.4) is 0 Å². The van der Waals surface area contributed by atoms with E-state index in [4.69, 9.17) is 0 Å². The second kappa shape index (κ2) is 10.2. The Kier molecular flexibility index (Phi) is 6.89. The monoisotopic (exact) mass is 460 g/mol. The smallest absolute Gasteiger partial charge is 0.252 e. The molecule has 0 aliphatic heterocycles. The molecule has 168 valence electrons. The van der Waals surface area contributed by atoms with Gasteiger partial charge in [-0.25, -0.2) is 10.9 Å². The number of rotatable bonds is 8. The number of amides is 2. The Labute approximate surface area is 194 Å². The van der Waals surface area contributed by atoms with E-state index in [1.54, 1.807) is 26.3 Å². The molecule has 4 N–H and O–H groups in total. The van der Waals surface area contributed by atoms with Gasteiger partial charge in [-0.05, 0) is 26.0 Å². The van der Waals surface area contributed by atoms with Crippen LogP contribution in [0.25, 0.3) is 21.8 Å². The molecule has 0 aliphatic carbocycles. The Morgan fingerprint density at radius 3 is 1.67 bits per heavy atom. The average molecular weight is 461 g/mol. The summed E-state index contributed by atoms with van der Waals surface area (Å²) in [6.07, 6.45) is 6.87. The highest BCUT2D eigenvalue weighted by molar-refractivity contribution is 8.01. The van der Waals surface area contributed by atoms with Gasteiger partial charge in [0.05, 0.1) is 22.9 Å². The molecule has 0 saturated carbocycles. The van der Waals surface area contributed by atoms with Crippen LogP contribution in [0, 0.1) is 0 Å². The number of fused-ring (bicyclic) bond motifs is 2. The van der Waals surface area contributed by atoms with Gasteiger partial charge >= 0.3 is 0 Å². The molecule has 2 atom stereocenters. The van der Waals surface area contributed by atoms with Crippen molar-refractivity contribution >= 4 is 57.8 Å². The summed E-state index contributed by atoms with van der Waals surface area (Å²) in [5, 5.41) is 9.22. The first-order valence-electron chi connectivity index (χ1n) is 10.5. The predicted molar refractivity (Wildman–Crippen MR) is 135 cm³/mol. The van der Waals surface area contributed by atoms with Crippen molar-refractivity contribution in [1.82, 2.24) is 20.8 Å². The molecular formula is C24H24N6O2S. The number of carbonyl (C=O) groups excluding carboxylic acids is 2. The molecule has 9 heteroatoms. The average Bonchev–Trinajstić information content (AvgIpc) is 3.43. The van der Waals surface area contributed by atoms with Gasteiger partial charge in [0.15, 0.2) is 0 Å². The van der Waals surface area contributed by atoms with Crippen LogP contribution in [-0.2, 0) is 9.59 Å². The third kappa shape index (κ3) is 5.32. The Morgan fingerprint density at radius 2 is 1.21 bits per heavy atom. The summed E-state index contributed by atoms with van der Waals surface area (Å²) in [5.41, 5.74) is 8.84. The van der Waals surface area contributed by atoms with Crippen molar-refractivity contribution in [1.29, 1.82) is 0 Å². The molecule has 0 fully saturated rings. The topological polar surface area (TPSA) is 114 Å². The fourth-order valence-corrected chi connectivity index (χ4v) is 4.31. The minimum absolute atomic E-state index is 0.280. The maximum Gasteiger partial charge on any atom is 0.252 e. The van der Waals surface area contributed by atoms with E-state index in [9.17, 15) is 9.59 Å². The number of para-hydroxylation sites is 2. The van der Waals surface area contributed by atoms with Crippen molar-refractivity contribution in [2.75, 3.05) is 0 Å². The minimum Gasteiger partial charge on any atom is -0.361 e. The van der Waals surface area contributed by atoms with Crippen LogP contribution in [0.1, 0.15) is 25.0 Å². The first-order chi connectivity index (χ1) is 16.0. The van der Waals surface area contributed by atoms with Gasteiger partial charge in [0, 0.05) is 45.3 Å². The van der Waals surface area contributed by atoms with Gasteiger partial charge in [-0.2, -0.15) is 10.2 Å². The van der Waals surface area contributed by atoms with E-state index in [1.807, 2.05) is 60.9 Å². The Balaban J connectivity index is 1.26. The molecule has 8 nitrogen and oxygen atoms in total. The molecule has 4 aromatic rings. The van der Waals surface area contributed by atoms with E-state index < -0.39 is 10.5 Å². The van der Waals surface area contributed by atoms with Crippen molar-refractivity contribution in [2.45, 2.75) is 24.3 Å². The van der Waals surface area contributed by atoms with Crippen molar-refractivity contribution in [2.24, 2.45) is 10.2 Å². The zero-order chi connectivity index (χ0) is 23.2. The number of nitrogens with one attached hydrogen (secondary N) is 4. The third-order valence-corrected chi connectivity index (χ3v) is 6.39. The number of aromatic nitrogens is 2. The molecule has 0 unspecified atom stereocenters. The largest absolute Gasteiger partial charge is 0.361 e. The van der Waals surface area contributed by atoms with E-state index in [0.717, 1.165) is 32.9 Å². The normalized spacial score (nSPS) is 13.6. The fourth-order valence-electron chi connectivity index (χ4n) is 3.34. The summed E-state index contributed by atoms with van der Waals surface area (Å²) >= 11 is 1.23. The van der Waals surface area contributed by atoms with Crippen molar-refractivity contribution in [3.63, 3.8) is 0 Å². The number of hydrogen-bond acceptors (Lipinski definition) is 5. The van der Waals surface area contributed by atoms with Crippen LogP contribution < -0.4 is 10.9 Å². The van der Waals surface area contributed by atoms with Gasteiger partial charge in [-0.15, -0.1) is 11.8 Å². The number of aromatic amines is 2. The Morgan fingerprint density at radius 1 is 0.788 bits per heavy atom. The van der Waals surface area contributed by atoms with Crippen LogP contribution in [0.5, 0.6) is 0 Å². The Hall–Kier alpha value is -3.85. The summed E-state index contributed by atoms with van der Waals surface area (Å²) < 4.78 is 0. The summed E-state index contributed by atoms with van der Waals surface area (Å²) in [5.74, 6) is -0.559. The molecule has 0 radical (unpaired) electrons. The third-order valence-electron chi connectivity index (χ3n) is 5.15. The lowest BCUT2D eigenvalue weighted by atomic mass is 10.2. The first kappa shape index (κ1) is 22.3. The molecule has 0 saturated heterocycles. The highest BCUT2D eigenvalue weighted by Crippen LogP contribution is 2.19. The number of hydrogen-bond donors (Lipinski definition) is 4. The standard InChI is InChI=1S/C24H24N6O2S/c1-15(23(31)29-27-13-17-11-25-21-9-5-3-7-19(17)21)33-16(2)24(32)30-28-14-18-12-26-22-10-6-4-8-20(18)22/h3-16,25-26H,1-2H3,(H,29,31)(H,30,32)/b27-13-,28-14+/t15-,16-/m0/s1. The van der Waals surface area contributed by atoms with Crippen molar-refractivity contribution < 1.29 is 9.59 Å². The summed E-state index contributed by atoms with van der Waals surface area (Å²) in [4.78, 5) is 31.1. The second-order valence-electron chi connectivity index (χ2n) is 7.47. The van der Waals surface area contributed by atoms with Gasteiger partial charge in [0.2, 0.25) is 0 Å². The highest BCUT2D eigenvalue weighted by atomic mass is 32.2. The molecule has 2 aromatic carbocycles. The lowest BCUT2D eigenvalue weighted by Gasteiger charge is -2.14. The minimum atomic E-state index is -0.469. The van der Waals surface area contributed by atoms with E-state index in [2.05, 4.69) is 31.0 Å². The number of nitrogens with zero attached hydrogens (tertiary/aromatic N) is 2. The zero-order valence-corrected chi connectivity index (χ0v) is 19.0. The lowest BCUT2D eigenvalue weighted by Crippen LogP contribution is -2.33. The molecule has 2 heterocycles. The zero-order valence-electron chi connectivity index (χ0n) is 18.2. The predicted octanol–water partition coefficient (Wildman–Crippen LogP) is 3.76. The van der Waals surface area contributed by atoms with Crippen LogP contribution in [0.2, 0.25) is 0 Å². The van der Waals surface area contributed by atoms with E-state index in [1.165, 1.54) is 11.8 Å². The molecular weight excluding hydrogens is 436 g/mol. The van der Waals surface area contributed by atoms with Crippen LogP contribution in [0.15, 0.2) is 71.1 Å². The quantitative estimate of drug-likeness (QED) is 0.237. The summed E-state index contributed by atoms with van der Waals surface area (Å²) in [7, 11) is 0. The summed E-state index contributed by atoms with van der Waals surface area (Å²) in [6, 6.07) is 15.7. The maximum absolute atomic E-state index is 12.4. The number of benzene rings is 2. The SMILES string of the molecule is C[C@H](S[C@@H](C)C(=O)N/N=C/c1c[nH]c2ccccc12)C(=O)N/N=C\c1c[nH]c2ccccc12. The van der Waals surface area contributed by atoms with Gasteiger partial charge in [0.25, 0.3) is 11.8 Å². The number of H-pyrrole nitrogens is 2. The highest BCUT2D eigenvalue weighted by Gasteiger charge is 2.21. The van der Waals surface area contributed by atoms with Gasteiger partial charge in [-0.1, -0.05) is 36.4 Å². The number of thioether (sulfide) groups is 1. The fraction of sp³-hybridized carbons (Fsp3) is 0.167. The van der Waals surface area contributed by atoms with Crippen LogP contribution in [-0.4, -0.2) is 44.7 Å². The number of hydrazone groups is 2. The van der Waals surface area contributed by atoms with Crippen LogP contribution in [0.4, 0.5) is 0 Å². The molecule has 0 spiro atoms.